The Morgan fingerprint density at radius 2 is 2.00 bits per heavy atom. The number of Topliss-reactive ketones (excluding diaryl/α,β-unsaturated/α-hetero) is 1. The van der Waals surface area contributed by atoms with E-state index < -0.39 is 12.5 Å². The summed E-state index contributed by atoms with van der Waals surface area (Å²) in [5.74, 6) is 0.437. The summed E-state index contributed by atoms with van der Waals surface area (Å²) in [6, 6.07) is 11.2. The molecule has 1 atom stereocenters. The quantitative estimate of drug-likeness (QED) is 0.752. The lowest BCUT2D eigenvalue weighted by Gasteiger charge is -2.26. The lowest BCUT2D eigenvalue weighted by atomic mass is 9.95. The maximum Gasteiger partial charge on any atom is 0.263 e. The molecule has 108 valence electrons. The first-order valence-electron chi connectivity index (χ1n) is 6.42. The normalized spacial score (nSPS) is 17.5. The molecule has 1 unspecified atom stereocenters. The maximum absolute atomic E-state index is 12.8. The Kier molecular flexibility index (Phi) is 3.76. The number of hydrogen-bond acceptors (Lipinski definition) is 2. The number of benzene rings is 2. The van der Waals surface area contributed by atoms with Crippen molar-refractivity contribution in [1.82, 2.24) is 0 Å². The Morgan fingerprint density at radius 3 is 2.76 bits per heavy atom. The summed E-state index contributed by atoms with van der Waals surface area (Å²) in [6.07, 6.45) is -2.91. The highest BCUT2D eigenvalue weighted by molar-refractivity contribution is 9.10. The molecular formula is C16H11BrF2O2. The van der Waals surface area contributed by atoms with Crippen LogP contribution in [0.1, 0.15) is 40.4 Å². The zero-order valence-electron chi connectivity index (χ0n) is 10.9. The van der Waals surface area contributed by atoms with E-state index in [4.69, 9.17) is 4.74 Å². The molecule has 2 nitrogen and oxygen atoms in total. The van der Waals surface area contributed by atoms with Gasteiger partial charge < -0.3 is 4.74 Å². The zero-order chi connectivity index (χ0) is 15.0. The second-order valence-electron chi connectivity index (χ2n) is 4.85. The average molecular weight is 353 g/mol. The molecule has 2 aromatic rings. The van der Waals surface area contributed by atoms with E-state index >= 15 is 0 Å². The molecule has 1 heterocycles. The first-order chi connectivity index (χ1) is 10.0. The SMILES string of the molecule is O=C1CC(c2cccc(C(F)F)c2)Oc2ccc(Br)cc21. The molecule has 3 rings (SSSR count). The second kappa shape index (κ2) is 5.56. The Morgan fingerprint density at radius 1 is 1.19 bits per heavy atom. The number of rotatable bonds is 2. The molecule has 1 aliphatic heterocycles. The minimum atomic E-state index is -2.53. The van der Waals surface area contributed by atoms with Gasteiger partial charge in [0, 0.05) is 10.0 Å². The minimum Gasteiger partial charge on any atom is -0.484 e. The highest BCUT2D eigenvalue weighted by atomic mass is 79.9. The summed E-state index contributed by atoms with van der Waals surface area (Å²) in [4.78, 5) is 12.2. The van der Waals surface area contributed by atoms with E-state index in [1.165, 1.54) is 12.1 Å². The van der Waals surface area contributed by atoms with E-state index in [0.717, 1.165) is 4.47 Å². The van der Waals surface area contributed by atoms with Crippen molar-refractivity contribution in [3.8, 4) is 5.75 Å². The van der Waals surface area contributed by atoms with E-state index in [1.54, 1.807) is 30.3 Å². The van der Waals surface area contributed by atoms with E-state index in [2.05, 4.69) is 15.9 Å². The van der Waals surface area contributed by atoms with Crippen LogP contribution in [0.5, 0.6) is 5.75 Å². The summed E-state index contributed by atoms with van der Waals surface area (Å²) < 4.78 is 32.1. The predicted octanol–water partition coefficient (Wildman–Crippen LogP) is 5.09. The lowest BCUT2D eigenvalue weighted by Crippen LogP contribution is -2.20. The van der Waals surface area contributed by atoms with Gasteiger partial charge in [0.25, 0.3) is 6.43 Å². The number of alkyl halides is 2. The van der Waals surface area contributed by atoms with E-state index in [0.29, 0.717) is 16.9 Å². The molecule has 21 heavy (non-hydrogen) atoms. The van der Waals surface area contributed by atoms with Gasteiger partial charge in [0.1, 0.15) is 11.9 Å². The van der Waals surface area contributed by atoms with Gasteiger partial charge in [-0.1, -0.05) is 34.1 Å². The first-order valence-corrected chi connectivity index (χ1v) is 7.21. The maximum atomic E-state index is 12.8. The smallest absolute Gasteiger partial charge is 0.263 e. The fourth-order valence-corrected chi connectivity index (χ4v) is 2.74. The fourth-order valence-electron chi connectivity index (χ4n) is 2.38. The predicted molar refractivity (Wildman–Crippen MR) is 77.9 cm³/mol. The number of halogens is 3. The van der Waals surface area contributed by atoms with Crippen molar-refractivity contribution in [2.45, 2.75) is 19.0 Å². The van der Waals surface area contributed by atoms with Gasteiger partial charge in [-0.15, -0.1) is 0 Å². The van der Waals surface area contributed by atoms with Crippen molar-refractivity contribution in [3.05, 3.63) is 63.6 Å². The van der Waals surface area contributed by atoms with Crippen LogP contribution in [0.15, 0.2) is 46.9 Å². The number of carbonyl (C=O) groups is 1. The highest BCUT2D eigenvalue weighted by Gasteiger charge is 2.28. The topological polar surface area (TPSA) is 26.3 Å². The summed E-state index contributed by atoms with van der Waals surface area (Å²) in [6.45, 7) is 0. The highest BCUT2D eigenvalue weighted by Crippen LogP contribution is 2.36. The van der Waals surface area contributed by atoms with E-state index in [9.17, 15) is 13.6 Å². The van der Waals surface area contributed by atoms with Crippen molar-refractivity contribution < 1.29 is 18.3 Å². The molecular weight excluding hydrogens is 342 g/mol. The van der Waals surface area contributed by atoms with Crippen LogP contribution in [0.25, 0.3) is 0 Å². The van der Waals surface area contributed by atoms with E-state index in [1.807, 2.05) is 0 Å². The monoisotopic (exact) mass is 352 g/mol. The van der Waals surface area contributed by atoms with Gasteiger partial charge in [-0.2, -0.15) is 0 Å². The van der Waals surface area contributed by atoms with Crippen molar-refractivity contribution in [2.24, 2.45) is 0 Å². The largest absolute Gasteiger partial charge is 0.484 e. The van der Waals surface area contributed by atoms with Crippen molar-refractivity contribution >= 4 is 21.7 Å². The summed E-state index contributed by atoms with van der Waals surface area (Å²) in [5.41, 5.74) is 1.05. The molecule has 5 heteroatoms. The molecule has 0 radical (unpaired) electrons. The Hall–Kier alpha value is -1.75. The molecule has 1 aliphatic rings. The molecule has 0 N–H and O–H groups in total. The molecule has 0 saturated heterocycles. The van der Waals surface area contributed by atoms with E-state index in [-0.39, 0.29) is 17.8 Å². The van der Waals surface area contributed by atoms with Gasteiger partial charge in [0.05, 0.1) is 12.0 Å². The molecule has 0 aromatic heterocycles. The van der Waals surface area contributed by atoms with Crippen LogP contribution in [-0.2, 0) is 0 Å². The molecule has 0 saturated carbocycles. The van der Waals surface area contributed by atoms with Gasteiger partial charge >= 0.3 is 0 Å². The Bertz CT molecular complexity index is 700. The molecule has 0 aliphatic carbocycles. The van der Waals surface area contributed by atoms with Crippen LogP contribution < -0.4 is 4.74 Å². The summed E-state index contributed by atoms with van der Waals surface area (Å²) in [5, 5.41) is 0. The van der Waals surface area contributed by atoms with Gasteiger partial charge in [-0.25, -0.2) is 8.78 Å². The Labute approximate surface area is 128 Å². The number of ether oxygens (including phenoxy) is 1. The minimum absolute atomic E-state index is 0.0509. The van der Waals surface area contributed by atoms with Gasteiger partial charge in [-0.05, 0) is 29.8 Å². The molecule has 0 fully saturated rings. The molecule has 2 aromatic carbocycles. The molecule has 0 spiro atoms. The van der Waals surface area contributed by atoms with Gasteiger partial charge in [0.15, 0.2) is 5.78 Å². The average Bonchev–Trinajstić information content (AvgIpc) is 2.48. The van der Waals surface area contributed by atoms with Crippen LogP contribution >= 0.6 is 15.9 Å². The summed E-state index contributed by atoms with van der Waals surface area (Å²) >= 11 is 3.31. The van der Waals surface area contributed by atoms with Crippen molar-refractivity contribution in [2.75, 3.05) is 0 Å². The van der Waals surface area contributed by atoms with Crippen LogP contribution in [0, 0.1) is 0 Å². The third kappa shape index (κ3) is 2.83. The second-order valence-corrected chi connectivity index (χ2v) is 5.76. The summed E-state index contributed by atoms with van der Waals surface area (Å²) in [7, 11) is 0. The third-order valence-electron chi connectivity index (χ3n) is 3.42. The number of carbonyl (C=O) groups excluding carboxylic acids is 1. The van der Waals surface area contributed by atoms with Gasteiger partial charge in [-0.3, -0.25) is 4.79 Å². The van der Waals surface area contributed by atoms with Crippen molar-refractivity contribution in [1.29, 1.82) is 0 Å². The lowest BCUT2D eigenvalue weighted by molar-refractivity contribution is 0.0849. The van der Waals surface area contributed by atoms with Crippen LogP contribution in [0.3, 0.4) is 0 Å². The number of fused-ring (bicyclic) bond motifs is 1. The van der Waals surface area contributed by atoms with Crippen LogP contribution in [0.4, 0.5) is 8.78 Å². The Balaban J connectivity index is 1.94. The van der Waals surface area contributed by atoms with Crippen LogP contribution in [0.2, 0.25) is 0 Å². The number of ketones is 1. The molecule has 0 amide bonds. The molecule has 0 bridgehead atoms. The standard InChI is InChI=1S/C16H11BrF2O2/c17-11-4-5-14-12(7-11)13(20)8-15(21-14)9-2-1-3-10(6-9)16(18)19/h1-7,15-16H,8H2. The van der Waals surface area contributed by atoms with Gasteiger partial charge in [0.2, 0.25) is 0 Å². The fraction of sp³-hybridized carbons (Fsp3) is 0.188. The number of hydrogen-bond donors (Lipinski definition) is 0. The van der Waals surface area contributed by atoms with Crippen molar-refractivity contribution in [3.63, 3.8) is 0 Å². The zero-order valence-corrected chi connectivity index (χ0v) is 12.4. The van der Waals surface area contributed by atoms with Crippen LogP contribution in [-0.4, -0.2) is 5.78 Å². The third-order valence-corrected chi connectivity index (χ3v) is 3.91. The first kappa shape index (κ1) is 14.2.